The molecule has 0 aliphatic heterocycles. The van der Waals surface area contributed by atoms with E-state index in [9.17, 15) is 4.39 Å². The average molecular weight is 245 g/mol. The molecular formula is C14H16FN3. The standard InChI is InChI=1S/C14H16FN3/c1-3-18(13-6-4-5-11(15)8-13)14-10(2)7-12(16)9-17-14/h4-9H,3,16H2,1-2H3. The highest BCUT2D eigenvalue weighted by Crippen LogP contribution is 2.27. The number of hydrogen-bond donors (Lipinski definition) is 1. The summed E-state index contributed by atoms with van der Waals surface area (Å²) in [7, 11) is 0. The molecule has 1 aromatic carbocycles. The van der Waals surface area contributed by atoms with Gasteiger partial charge in [0.15, 0.2) is 0 Å². The average Bonchev–Trinajstić information content (AvgIpc) is 2.33. The van der Waals surface area contributed by atoms with E-state index < -0.39 is 0 Å². The molecular weight excluding hydrogens is 229 g/mol. The van der Waals surface area contributed by atoms with Gasteiger partial charge in [0.1, 0.15) is 11.6 Å². The lowest BCUT2D eigenvalue weighted by atomic mass is 10.2. The molecule has 94 valence electrons. The molecule has 0 unspecified atom stereocenters. The molecule has 0 saturated carbocycles. The Hall–Kier alpha value is -2.10. The van der Waals surface area contributed by atoms with E-state index in [-0.39, 0.29) is 5.82 Å². The molecule has 2 N–H and O–H groups in total. The molecule has 0 radical (unpaired) electrons. The van der Waals surface area contributed by atoms with Crippen molar-refractivity contribution < 1.29 is 4.39 Å². The number of pyridine rings is 1. The van der Waals surface area contributed by atoms with Gasteiger partial charge in [0.05, 0.1) is 11.9 Å². The van der Waals surface area contributed by atoms with E-state index in [1.165, 1.54) is 12.1 Å². The maximum Gasteiger partial charge on any atom is 0.136 e. The molecule has 4 heteroatoms. The van der Waals surface area contributed by atoms with E-state index in [1.807, 2.05) is 30.9 Å². The van der Waals surface area contributed by atoms with Gasteiger partial charge in [0.2, 0.25) is 0 Å². The number of nitrogen functional groups attached to an aromatic ring is 1. The fourth-order valence-electron chi connectivity index (χ4n) is 1.97. The van der Waals surface area contributed by atoms with Gasteiger partial charge in [-0.15, -0.1) is 0 Å². The van der Waals surface area contributed by atoms with Gasteiger partial charge in [0, 0.05) is 12.2 Å². The molecule has 1 heterocycles. The zero-order valence-electron chi connectivity index (χ0n) is 10.5. The van der Waals surface area contributed by atoms with Crippen LogP contribution in [0.5, 0.6) is 0 Å². The van der Waals surface area contributed by atoms with Crippen molar-refractivity contribution in [3.63, 3.8) is 0 Å². The van der Waals surface area contributed by atoms with Gasteiger partial charge in [-0.2, -0.15) is 0 Å². The molecule has 2 aromatic rings. The molecule has 0 fully saturated rings. The Balaban J connectivity index is 2.45. The fourth-order valence-corrected chi connectivity index (χ4v) is 1.97. The molecule has 0 saturated heterocycles. The third kappa shape index (κ3) is 2.42. The molecule has 0 bridgehead atoms. The number of halogens is 1. The molecule has 2 rings (SSSR count). The maximum atomic E-state index is 13.3. The molecule has 0 atom stereocenters. The van der Waals surface area contributed by atoms with E-state index in [1.54, 1.807) is 12.3 Å². The van der Waals surface area contributed by atoms with Crippen LogP contribution >= 0.6 is 0 Å². The number of rotatable bonds is 3. The van der Waals surface area contributed by atoms with Crippen molar-refractivity contribution in [1.29, 1.82) is 0 Å². The molecule has 0 aliphatic rings. The van der Waals surface area contributed by atoms with Gasteiger partial charge in [-0.1, -0.05) is 6.07 Å². The summed E-state index contributed by atoms with van der Waals surface area (Å²) in [5.41, 5.74) is 8.08. The topological polar surface area (TPSA) is 42.2 Å². The van der Waals surface area contributed by atoms with Crippen molar-refractivity contribution in [3.8, 4) is 0 Å². The van der Waals surface area contributed by atoms with Crippen LogP contribution in [0, 0.1) is 12.7 Å². The normalized spacial score (nSPS) is 10.4. The molecule has 3 nitrogen and oxygen atoms in total. The summed E-state index contributed by atoms with van der Waals surface area (Å²) in [6.07, 6.45) is 1.62. The monoisotopic (exact) mass is 245 g/mol. The summed E-state index contributed by atoms with van der Waals surface area (Å²) >= 11 is 0. The number of hydrogen-bond acceptors (Lipinski definition) is 3. The first-order chi connectivity index (χ1) is 8.61. The lowest BCUT2D eigenvalue weighted by molar-refractivity contribution is 0.627. The largest absolute Gasteiger partial charge is 0.397 e. The van der Waals surface area contributed by atoms with E-state index in [0.29, 0.717) is 12.2 Å². The third-order valence-electron chi connectivity index (χ3n) is 2.76. The van der Waals surface area contributed by atoms with Gasteiger partial charge in [-0.3, -0.25) is 0 Å². The van der Waals surface area contributed by atoms with Gasteiger partial charge < -0.3 is 10.6 Å². The number of benzene rings is 1. The highest BCUT2D eigenvalue weighted by Gasteiger charge is 2.12. The van der Waals surface area contributed by atoms with Crippen LogP contribution in [0.1, 0.15) is 12.5 Å². The molecule has 1 aromatic heterocycles. The first-order valence-corrected chi connectivity index (χ1v) is 5.87. The zero-order valence-corrected chi connectivity index (χ0v) is 10.5. The van der Waals surface area contributed by atoms with Crippen LogP contribution in [0.25, 0.3) is 0 Å². The second kappa shape index (κ2) is 5.04. The number of anilines is 3. The third-order valence-corrected chi connectivity index (χ3v) is 2.76. The second-order valence-electron chi connectivity index (χ2n) is 4.13. The van der Waals surface area contributed by atoms with Crippen molar-refractivity contribution in [2.75, 3.05) is 17.2 Å². The Morgan fingerprint density at radius 1 is 1.33 bits per heavy atom. The first kappa shape index (κ1) is 12.4. The van der Waals surface area contributed by atoms with Crippen molar-refractivity contribution in [1.82, 2.24) is 4.98 Å². The van der Waals surface area contributed by atoms with Gasteiger partial charge in [-0.25, -0.2) is 9.37 Å². The van der Waals surface area contributed by atoms with Crippen LogP contribution in [-0.2, 0) is 0 Å². The van der Waals surface area contributed by atoms with Crippen LogP contribution < -0.4 is 10.6 Å². The summed E-state index contributed by atoms with van der Waals surface area (Å²) in [4.78, 5) is 6.29. The first-order valence-electron chi connectivity index (χ1n) is 5.87. The fraction of sp³-hybridized carbons (Fsp3) is 0.214. The number of nitrogens with zero attached hydrogens (tertiary/aromatic N) is 2. The summed E-state index contributed by atoms with van der Waals surface area (Å²) in [6, 6.07) is 8.36. The smallest absolute Gasteiger partial charge is 0.136 e. The van der Waals surface area contributed by atoms with Gasteiger partial charge in [0.25, 0.3) is 0 Å². The lowest BCUT2D eigenvalue weighted by Gasteiger charge is -2.23. The van der Waals surface area contributed by atoms with Gasteiger partial charge >= 0.3 is 0 Å². The number of aryl methyl sites for hydroxylation is 1. The summed E-state index contributed by atoms with van der Waals surface area (Å²) < 4.78 is 13.3. The highest BCUT2D eigenvalue weighted by molar-refractivity contribution is 5.64. The molecule has 0 amide bonds. The predicted molar refractivity (Wildman–Crippen MR) is 72.5 cm³/mol. The van der Waals surface area contributed by atoms with E-state index in [0.717, 1.165) is 17.1 Å². The summed E-state index contributed by atoms with van der Waals surface area (Å²) in [6.45, 7) is 4.66. The Morgan fingerprint density at radius 3 is 2.72 bits per heavy atom. The summed E-state index contributed by atoms with van der Waals surface area (Å²) in [5, 5.41) is 0. The Kier molecular flexibility index (Phi) is 3.46. The van der Waals surface area contributed by atoms with Crippen molar-refractivity contribution in [2.24, 2.45) is 0 Å². The SMILES string of the molecule is CCN(c1cccc(F)c1)c1ncc(N)cc1C. The van der Waals surface area contributed by atoms with Crippen LogP contribution in [0.3, 0.4) is 0 Å². The zero-order chi connectivity index (χ0) is 13.1. The van der Waals surface area contributed by atoms with Crippen LogP contribution in [0.4, 0.5) is 21.6 Å². The second-order valence-corrected chi connectivity index (χ2v) is 4.13. The van der Waals surface area contributed by atoms with Crippen LogP contribution in [-0.4, -0.2) is 11.5 Å². The minimum absolute atomic E-state index is 0.251. The quantitative estimate of drug-likeness (QED) is 0.902. The van der Waals surface area contributed by atoms with E-state index in [4.69, 9.17) is 5.73 Å². The van der Waals surface area contributed by atoms with Crippen LogP contribution in [0.15, 0.2) is 36.5 Å². The van der Waals surface area contributed by atoms with E-state index >= 15 is 0 Å². The number of nitrogens with two attached hydrogens (primary N) is 1. The van der Waals surface area contributed by atoms with Crippen LogP contribution in [0.2, 0.25) is 0 Å². The highest BCUT2D eigenvalue weighted by atomic mass is 19.1. The minimum atomic E-state index is -0.251. The van der Waals surface area contributed by atoms with Crippen molar-refractivity contribution in [2.45, 2.75) is 13.8 Å². The number of aromatic nitrogens is 1. The van der Waals surface area contributed by atoms with Gasteiger partial charge in [-0.05, 0) is 43.7 Å². The maximum absolute atomic E-state index is 13.3. The Labute approximate surface area is 106 Å². The van der Waals surface area contributed by atoms with E-state index in [2.05, 4.69) is 4.98 Å². The minimum Gasteiger partial charge on any atom is -0.397 e. The predicted octanol–water partition coefficient (Wildman–Crippen LogP) is 3.27. The summed E-state index contributed by atoms with van der Waals surface area (Å²) in [5.74, 6) is 0.552. The van der Waals surface area contributed by atoms with Crippen molar-refractivity contribution >= 4 is 17.2 Å². The lowest BCUT2D eigenvalue weighted by Crippen LogP contribution is -2.18. The molecule has 0 aliphatic carbocycles. The Bertz CT molecular complexity index is 554. The van der Waals surface area contributed by atoms with Crippen molar-refractivity contribution in [3.05, 3.63) is 47.9 Å². The Morgan fingerprint density at radius 2 is 2.11 bits per heavy atom. The molecule has 0 spiro atoms. The molecule has 18 heavy (non-hydrogen) atoms.